The van der Waals surface area contributed by atoms with Crippen molar-refractivity contribution in [2.75, 3.05) is 19.8 Å². The molecule has 76 valence electrons. The Morgan fingerprint density at radius 3 is 3.07 bits per heavy atom. The van der Waals surface area contributed by atoms with E-state index in [0.29, 0.717) is 6.04 Å². The first-order chi connectivity index (χ1) is 6.83. The molecule has 1 aromatic heterocycles. The first-order valence-corrected chi connectivity index (χ1v) is 6.24. The van der Waals surface area contributed by atoms with Gasteiger partial charge in [-0.15, -0.1) is 11.8 Å². The van der Waals surface area contributed by atoms with Crippen LogP contribution in [0.1, 0.15) is 24.4 Å². The van der Waals surface area contributed by atoms with Gasteiger partial charge in [0, 0.05) is 17.8 Å². The highest BCUT2D eigenvalue weighted by atomic mass is 32.2. The molecule has 0 radical (unpaired) electrons. The smallest absolute Gasteiger partial charge is 0.100 e. The van der Waals surface area contributed by atoms with Gasteiger partial charge in [-0.3, -0.25) is 4.90 Å². The van der Waals surface area contributed by atoms with Crippen molar-refractivity contribution in [2.24, 2.45) is 0 Å². The summed E-state index contributed by atoms with van der Waals surface area (Å²) in [5.74, 6) is 0. The Balaban J connectivity index is 2.30. The third-order valence-electron chi connectivity index (χ3n) is 2.87. The van der Waals surface area contributed by atoms with Gasteiger partial charge in [0.05, 0.1) is 0 Å². The molecule has 0 bridgehead atoms. The summed E-state index contributed by atoms with van der Waals surface area (Å²) < 4.78 is 0. The summed E-state index contributed by atoms with van der Waals surface area (Å²) >= 11 is 1.75. The second-order valence-electron chi connectivity index (χ2n) is 3.74. The second-order valence-corrected chi connectivity index (χ2v) is 4.54. The fourth-order valence-electron chi connectivity index (χ4n) is 2.13. The van der Waals surface area contributed by atoms with Gasteiger partial charge in [-0.1, -0.05) is 6.07 Å². The number of aromatic nitrogens is 1. The molecule has 0 unspecified atom stereocenters. The van der Waals surface area contributed by atoms with Gasteiger partial charge in [-0.2, -0.15) is 0 Å². The van der Waals surface area contributed by atoms with Crippen LogP contribution < -0.4 is 0 Å². The monoisotopic (exact) mass is 208 g/mol. The van der Waals surface area contributed by atoms with Crippen LogP contribution in [0.25, 0.3) is 0 Å². The molecule has 1 fully saturated rings. The maximum absolute atomic E-state index is 4.41. The lowest BCUT2D eigenvalue weighted by Crippen LogP contribution is -2.18. The van der Waals surface area contributed by atoms with Gasteiger partial charge in [-0.05, 0) is 38.8 Å². The van der Waals surface area contributed by atoms with Crippen molar-refractivity contribution >= 4 is 11.8 Å². The molecule has 1 aromatic rings. The highest BCUT2D eigenvalue weighted by Crippen LogP contribution is 2.34. The minimum atomic E-state index is 0.589. The Morgan fingerprint density at radius 2 is 2.43 bits per heavy atom. The van der Waals surface area contributed by atoms with Crippen molar-refractivity contribution in [3.05, 3.63) is 23.9 Å². The minimum absolute atomic E-state index is 0.589. The normalized spacial score (nSPS) is 22.9. The standard InChI is InChI=1S/C11H16N2S/c1-13-8-4-6-10(13)9-5-3-7-12-11(9)14-2/h3,5,7,10H,4,6,8H2,1-2H3/t10-/m1/s1. The van der Waals surface area contributed by atoms with Crippen LogP contribution in [-0.2, 0) is 0 Å². The van der Waals surface area contributed by atoms with E-state index in [4.69, 9.17) is 0 Å². The molecule has 0 saturated carbocycles. The van der Waals surface area contributed by atoms with E-state index in [0.717, 1.165) is 0 Å². The van der Waals surface area contributed by atoms with Crippen LogP contribution >= 0.6 is 11.8 Å². The van der Waals surface area contributed by atoms with E-state index in [1.54, 1.807) is 11.8 Å². The fraction of sp³-hybridized carbons (Fsp3) is 0.545. The van der Waals surface area contributed by atoms with E-state index < -0.39 is 0 Å². The average Bonchev–Trinajstić information content (AvgIpc) is 2.64. The summed E-state index contributed by atoms with van der Waals surface area (Å²) in [5.41, 5.74) is 1.40. The highest BCUT2D eigenvalue weighted by molar-refractivity contribution is 7.98. The molecule has 1 saturated heterocycles. The van der Waals surface area contributed by atoms with Crippen molar-refractivity contribution in [1.29, 1.82) is 0 Å². The minimum Gasteiger partial charge on any atom is -0.299 e. The molecular weight excluding hydrogens is 192 g/mol. The summed E-state index contributed by atoms with van der Waals surface area (Å²) in [6.07, 6.45) is 6.56. The number of nitrogens with zero attached hydrogens (tertiary/aromatic N) is 2. The zero-order valence-corrected chi connectivity index (χ0v) is 9.55. The molecule has 1 aliphatic rings. The SMILES string of the molecule is CSc1ncccc1[C@H]1CCCN1C. The Hall–Kier alpha value is -0.540. The van der Waals surface area contributed by atoms with Gasteiger partial charge in [0.15, 0.2) is 0 Å². The topological polar surface area (TPSA) is 16.1 Å². The van der Waals surface area contributed by atoms with Gasteiger partial charge < -0.3 is 0 Å². The third-order valence-corrected chi connectivity index (χ3v) is 3.60. The predicted molar refractivity (Wildman–Crippen MR) is 60.6 cm³/mol. The molecule has 2 rings (SSSR count). The first-order valence-electron chi connectivity index (χ1n) is 5.02. The number of pyridine rings is 1. The quantitative estimate of drug-likeness (QED) is 0.695. The summed E-state index contributed by atoms with van der Waals surface area (Å²) in [7, 11) is 2.20. The molecule has 2 heterocycles. The van der Waals surface area contributed by atoms with Crippen molar-refractivity contribution < 1.29 is 0 Å². The van der Waals surface area contributed by atoms with Crippen molar-refractivity contribution in [3.8, 4) is 0 Å². The lowest BCUT2D eigenvalue weighted by molar-refractivity contribution is 0.313. The van der Waals surface area contributed by atoms with E-state index in [1.807, 2.05) is 12.3 Å². The number of hydrogen-bond acceptors (Lipinski definition) is 3. The van der Waals surface area contributed by atoms with Crippen LogP contribution in [0.5, 0.6) is 0 Å². The molecule has 2 nitrogen and oxygen atoms in total. The molecule has 0 amide bonds. The molecule has 1 atom stereocenters. The molecule has 0 aromatic carbocycles. The zero-order valence-electron chi connectivity index (χ0n) is 8.73. The van der Waals surface area contributed by atoms with Crippen LogP contribution in [-0.4, -0.2) is 29.7 Å². The van der Waals surface area contributed by atoms with Gasteiger partial charge in [0.1, 0.15) is 5.03 Å². The number of thioether (sulfide) groups is 1. The Kier molecular flexibility index (Phi) is 3.08. The van der Waals surface area contributed by atoms with Crippen LogP contribution in [0.15, 0.2) is 23.4 Å². The first kappa shape index (κ1) is 9.99. The van der Waals surface area contributed by atoms with Crippen molar-refractivity contribution in [3.63, 3.8) is 0 Å². The molecule has 1 aliphatic heterocycles. The fourth-order valence-corrected chi connectivity index (χ4v) is 2.74. The van der Waals surface area contributed by atoms with Gasteiger partial charge >= 0.3 is 0 Å². The van der Waals surface area contributed by atoms with Crippen LogP contribution in [0, 0.1) is 0 Å². The largest absolute Gasteiger partial charge is 0.299 e. The van der Waals surface area contributed by atoms with E-state index in [9.17, 15) is 0 Å². The lowest BCUT2D eigenvalue weighted by atomic mass is 10.1. The van der Waals surface area contributed by atoms with E-state index in [2.05, 4.69) is 29.3 Å². The second kappa shape index (κ2) is 4.32. The van der Waals surface area contributed by atoms with Crippen molar-refractivity contribution in [2.45, 2.75) is 23.9 Å². The molecule has 0 N–H and O–H groups in total. The number of hydrogen-bond donors (Lipinski definition) is 0. The Morgan fingerprint density at radius 1 is 1.57 bits per heavy atom. The van der Waals surface area contributed by atoms with Crippen LogP contribution in [0.2, 0.25) is 0 Å². The third kappa shape index (κ3) is 1.79. The summed E-state index contributed by atoms with van der Waals surface area (Å²) in [4.78, 5) is 6.84. The molecule has 3 heteroatoms. The number of likely N-dealkylation sites (tertiary alicyclic amines) is 1. The predicted octanol–water partition coefficient (Wildman–Crippen LogP) is 2.57. The van der Waals surface area contributed by atoms with Crippen molar-refractivity contribution in [1.82, 2.24) is 9.88 Å². The van der Waals surface area contributed by atoms with Gasteiger partial charge in [0.2, 0.25) is 0 Å². The van der Waals surface area contributed by atoms with E-state index >= 15 is 0 Å². The average molecular weight is 208 g/mol. The van der Waals surface area contributed by atoms with Gasteiger partial charge in [0.25, 0.3) is 0 Å². The Labute approximate surface area is 89.7 Å². The maximum Gasteiger partial charge on any atom is 0.100 e. The highest BCUT2D eigenvalue weighted by Gasteiger charge is 2.24. The molecule has 0 aliphatic carbocycles. The Bertz CT molecular complexity index is 314. The van der Waals surface area contributed by atoms with E-state index in [-0.39, 0.29) is 0 Å². The lowest BCUT2D eigenvalue weighted by Gasteiger charge is -2.21. The zero-order chi connectivity index (χ0) is 9.97. The van der Waals surface area contributed by atoms with Crippen LogP contribution in [0.3, 0.4) is 0 Å². The summed E-state index contributed by atoms with van der Waals surface area (Å²) in [5, 5.41) is 1.19. The molecule has 0 spiro atoms. The van der Waals surface area contributed by atoms with Crippen LogP contribution in [0.4, 0.5) is 0 Å². The molecular formula is C11H16N2S. The van der Waals surface area contributed by atoms with Gasteiger partial charge in [-0.25, -0.2) is 4.98 Å². The molecule has 14 heavy (non-hydrogen) atoms. The maximum atomic E-state index is 4.41. The summed E-state index contributed by atoms with van der Waals surface area (Å²) in [6.45, 7) is 1.22. The van der Waals surface area contributed by atoms with E-state index in [1.165, 1.54) is 30.0 Å². The number of rotatable bonds is 2. The summed E-state index contributed by atoms with van der Waals surface area (Å²) in [6, 6.07) is 4.85.